The Kier molecular flexibility index (Phi) is 5.06. The summed E-state index contributed by atoms with van der Waals surface area (Å²) < 4.78 is 4.46. The van der Waals surface area contributed by atoms with E-state index in [-0.39, 0.29) is 0 Å². The summed E-state index contributed by atoms with van der Waals surface area (Å²) in [6.07, 6.45) is 6.57. The molecule has 0 unspecified atom stereocenters. The molecule has 1 aliphatic rings. The van der Waals surface area contributed by atoms with E-state index in [0.717, 1.165) is 38.5 Å². The number of nitriles is 1. The third kappa shape index (κ3) is 3.70. The van der Waals surface area contributed by atoms with Crippen LogP contribution >= 0.6 is 0 Å². The summed E-state index contributed by atoms with van der Waals surface area (Å²) in [4.78, 5) is 11.0. The van der Waals surface area contributed by atoms with Crippen molar-refractivity contribution in [2.24, 2.45) is 0 Å². The average molecular weight is 225 g/mol. The van der Waals surface area contributed by atoms with Crippen LogP contribution in [-0.2, 0) is 4.74 Å². The van der Waals surface area contributed by atoms with Crippen molar-refractivity contribution in [1.29, 1.82) is 5.26 Å². The number of amides is 1. The highest BCUT2D eigenvalue weighted by molar-refractivity contribution is 5.66. The minimum absolute atomic E-state index is 0.559. The van der Waals surface area contributed by atoms with Gasteiger partial charge in [0.2, 0.25) is 0 Å². The number of hydrazine groups is 1. The van der Waals surface area contributed by atoms with E-state index in [2.05, 4.69) is 21.7 Å². The van der Waals surface area contributed by atoms with Crippen LogP contribution in [0.5, 0.6) is 0 Å². The molecule has 0 spiro atoms. The van der Waals surface area contributed by atoms with Crippen molar-refractivity contribution in [2.75, 3.05) is 7.11 Å². The molecular formula is C11H19N3O2. The Labute approximate surface area is 96.1 Å². The quantitative estimate of drug-likeness (QED) is 0.703. The van der Waals surface area contributed by atoms with Gasteiger partial charge in [0.15, 0.2) is 0 Å². The van der Waals surface area contributed by atoms with E-state index in [0.29, 0.717) is 0 Å². The van der Waals surface area contributed by atoms with Crippen molar-refractivity contribution in [3.63, 3.8) is 0 Å². The van der Waals surface area contributed by atoms with Gasteiger partial charge in [-0.2, -0.15) is 5.26 Å². The summed E-state index contributed by atoms with van der Waals surface area (Å²) in [6, 6.07) is 2.28. The van der Waals surface area contributed by atoms with Crippen LogP contribution in [0.4, 0.5) is 4.79 Å². The normalized spacial score (nSPS) is 20.0. The number of methoxy groups -OCH3 is 1. The zero-order valence-electron chi connectivity index (χ0n) is 9.71. The van der Waals surface area contributed by atoms with E-state index in [9.17, 15) is 10.1 Å². The van der Waals surface area contributed by atoms with E-state index in [1.807, 2.05) is 0 Å². The van der Waals surface area contributed by atoms with Crippen molar-refractivity contribution in [2.45, 2.75) is 50.5 Å². The summed E-state index contributed by atoms with van der Waals surface area (Å²) in [6.45, 7) is 0. The molecule has 0 atom stereocenters. The summed E-state index contributed by atoms with van der Waals surface area (Å²) in [5.41, 5.74) is 4.60. The lowest BCUT2D eigenvalue weighted by Gasteiger charge is -2.29. The number of rotatable bonds is 2. The van der Waals surface area contributed by atoms with Crippen molar-refractivity contribution in [3.8, 4) is 6.07 Å². The molecule has 1 fully saturated rings. The molecule has 0 aromatic heterocycles. The number of nitrogens with one attached hydrogen (secondary N) is 2. The number of nitrogens with zero attached hydrogens (tertiary/aromatic N) is 1. The minimum Gasteiger partial charge on any atom is -0.452 e. The van der Waals surface area contributed by atoms with Crippen LogP contribution in [0.3, 0.4) is 0 Å². The van der Waals surface area contributed by atoms with Gasteiger partial charge in [-0.1, -0.05) is 32.1 Å². The average Bonchev–Trinajstić information content (AvgIpc) is 2.28. The number of carbonyl (C=O) groups is 1. The van der Waals surface area contributed by atoms with Crippen molar-refractivity contribution in [1.82, 2.24) is 10.9 Å². The Morgan fingerprint density at radius 3 is 2.31 bits per heavy atom. The van der Waals surface area contributed by atoms with Gasteiger partial charge in [-0.05, 0) is 12.8 Å². The molecule has 0 saturated heterocycles. The molecule has 0 aromatic carbocycles. The fraction of sp³-hybridized carbons (Fsp3) is 0.818. The van der Waals surface area contributed by atoms with Crippen molar-refractivity contribution < 1.29 is 9.53 Å². The van der Waals surface area contributed by atoms with Crippen LogP contribution in [0.25, 0.3) is 0 Å². The Morgan fingerprint density at radius 1 is 1.25 bits per heavy atom. The zero-order valence-corrected chi connectivity index (χ0v) is 9.71. The van der Waals surface area contributed by atoms with Gasteiger partial charge in [0, 0.05) is 0 Å². The number of ether oxygens (including phenoxy) is 1. The maximum Gasteiger partial charge on any atom is 0.421 e. The van der Waals surface area contributed by atoms with Crippen molar-refractivity contribution >= 4 is 6.09 Å². The first kappa shape index (κ1) is 12.8. The van der Waals surface area contributed by atoms with Crippen molar-refractivity contribution in [3.05, 3.63) is 0 Å². The fourth-order valence-electron chi connectivity index (χ4n) is 2.00. The third-order valence-corrected chi connectivity index (χ3v) is 3.01. The molecule has 0 aromatic rings. The van der Waals surface area contributed by atoms with Crippen LogP contribution < -0.4 is 10.9 Å². The molecule has 0 bridgehead atoms. The Bertz CT molecular complexity index is 265. The molecule has 16 heavy (non-hydrogen) atoms. The predicted octanol–water partition coefficient (Wildman–Crippen LogP) is 1.85. The molecule has 5 nitrogen and oxygen atoms in total. The number of hydrogen-bond donors (Lipinski definition) is 2. The summed E-state index contributed by atoms with van der Waals surface area (Å²) >= 11 is 0. The van der Waals surface area contributed by atoms with Gasteiger partial charge in [-0.3, -0.25) is 5.43 Å². The van der Waals surface area contributed by atoms with Gasteiger partial charge in [-0.15, -0.1) is 0 Å². The minimum atomic E-state index is -0.630. The highest BCUT2D eigenvalue weighted by Crippen LogP contribution is 2.25. The molecular weight excluding hydrogens is 206 g/mol. The lowest BCUT2D eigenvalue weighted by Crippen LogP contribution is -2.53. The van der Waals surface area contributed by atoms with Crippen LogP contribution in [0.1, 0.15) is 44.9 Å². The van der Waals surface area contributed by atoms with E-state index < -0.39 is 11.6 Å². The van der Waals surface area contributed by atoms with E-state index in [1.54, 1.807) is 0 Å². The molecule has 0 heterocycles. The Morgan fingerprint density at radius 2 is 1.81 bits per heavy atom. The topological polar surface area (TPSA) is 74.2 Å². The lowest BCUT2D eigenvalue weighted by molar-refractivity contribution is 0.156. The molecule has 0 aliphatic heterocycles. The lowest BCUT2D eigenvalue weighted by atomic mass is 9.86. The maximum absolute atomic E-state index is 11.0. The van der Waals surface area contributed by atoms with Crippen LogP contribution in [0.2, 0.25) is 0 Å². The molecule has 0 radical (unpaired) electrons. The van der Waals surface area contributed by atoms with Gasteiger partial charge in [0.25, 0.3) is 0 Å². The molecule has 1 amide bonds. The first-order valence-electron chi connectivity index (χ1n) is 5.75. The van der Waals surface area contributed by atoms with E-state index >= 15 is 0 Å². The zero-order chi connectivity index (χ0) is 11.9. The molecule has 2 N–H and O–H groups in total. The molecule has 5 heteroatoms. The maximum atomic E-state index is 11.0. The SMILES string of the molecule is COC(=O)NNC1(C#N)CCCCCCC1. The predicted molar refractivity (Wildman–Crippen MR) is 59.3 cm³/mol. The molecule has 90 valence electrons. The largest absolute Gasteiger partial charge is 0.452 e. The van der Waals surface area contributed by atoms with Crippen LogP contribution in [0.15, 0.2) is 0 Å². The first-order chi connectivity index (χ1) is 7.72. The summed E-state index contributed by atoms with van der Waals surface area (Å²) in [5.74, 6) is 0. The highest BCUT2D eigenvalue weighted by atomic mass is 16.5. The van der Waals surface area contributed by atoms with Gasteiger partial charge in [0.05, 0.1) is 13.2 Å². The van der Waals surface area contributed by atoms with Gasteiger partial charge < -0.3 is 4.74 Å². The second-order valence-electron chi connectivity index (χ2n) is 4.20. The van der Waals surface area contributed by atoms with Crippen LogP contribution in [0, 0.1) is 11.3 Å². The summed E-state index contributed by atoms with van der Waals surface area (Å²) in [7, 11) is 1.30. The molecule has 1 aliphatic carbocycles. The highest BCUT2D eigenvalue weighted by Gasteiger charge is 2.30. The van der Waals surface area contributed by atoms with Crippen LogP contribution in [-0.4, -0.2) is 18.7 Å². The second-order valence-corrected chi connectivity index (χ2v) is 4.20. The fourth-order valence-corrected chi connectivity index (χ4v) is 2.00. The van der Waals surface area contributed by atoms with Gasteiger partial charge in [0.1, 0.15) is 5.54 Å². The van der Waals surface area contributed by atoms with E-state index in [1.165, 1.54) is 13.5 Å². The monoisotopic (exact) mass is 225 g/mol. The van der Waals surface area contributed by atoms with E-state index in [4.69, 9.17) is 0 Å². The molecule has 1 saturated carbocycles. The van der Waals surface area contributed by atoms with Gasteiger partial charge >= 0.3 is 6.09 Å². The number of carbonyl (C=O) groups excluding carboxylic acids is 1. The Balaban J connectivity index is 2.52. The Hall–Kier alpha value is -1.28. The first-order valence-corrected chi connectivity index (χ1v) is 5.75. The van der Waals surface area contributed by atoms with Gasteiger partial charge in [-0.25, -0.2) is 10.2 Å². The second kappa shape index (κ2) is 6.33. The third-order valence-electron chi connectivity index (χ3n) is 3.01. The standard InChI is InChI=1S/C11H19N3O2/c1-16-10(15)13-14-11(9-12)7-5-3-2-4-6-8-11/h14H,2-8H2,1H3,(H,13,15). The molecule has 1 rings (SSSR count). The smallest absolute Gasteiger partial charge is 0.421 e. The summed E-state index contributed by atoms with van der Waals surface area (Å²) in [5, 5.41) is 9.24. The number of hydrogen-bond acceptors (Lipinski definition) is 4.